The van der Waals surface area contributed by atoms with Crippen molar-refractivity contribution in [3.05, 3.63) is 0 Å². The molecule has 0 aliphatic heterocycles. The summed E-state index contributed by atoms with van der Waals surface area (Å²) >= 11 is 4.01. The summed E-state index contributed by atoms with van der Waals surface area (Å²) in [6, 6.07) is -0.502. The lowest BCUT2D eigenvalue weighted by Crippen LogP contribution is -2.32. The molecule has 1 unspecified atom stereocenters. The first-order valence-corrected chi connectivity index (χ1v) is 6.38. The zero-order valence-corrected chi connectivity index (χ0v) is 10.5. The van der Waals surface area contributed by atoms with Crippen LogP contribution in [-0.4, -0.2) is 24.4 Å². The minimum absolute atomic E-state index is 0.292. The van der Waals surface area contributed by atoms with E-state index >= 15 is 0 Å². The first-order chi connectivity index (χ1) is 7.22. The average molecular weight is 233 g/mol. The number of hydrogen-bond acceptors (Lipinski definition) is 4. The minimum Gasteiger partial charge on any atom is -0.465 e. The summed E-state index contributed by atoms with van der Waals surface area (Å²) in [5, 5.41) is 0. The van der Waals surface area contributed by atoms with Gasteiger partial charge < -0.3 is 10.5 Å². The first kappa shape index (κ1) is 14.8. The van der Waals surface area contributed by atoms with Gasteiger partial charge in [0.05, 0.1) is 6.61 Å². The third kappa shape index (κ3) is 8.75. The molecule has 0 spiro atoms. The third-order valence-corrected chi connectivity index (χ3v) is 2.49. The number of ether oxygens (including phenoxy) is 1. The molecule has 0 saturated carbocycles. The Morgan fingerprint density at radius 2 is 2.00 bits per heavy atom. The highest BCUT2D eigenvalue weighted by atomic mass is 32.1. The number of rotatable bonds is 9. The topological polar surface area (TPSA) is 52.3 Å². The molecule has 2 N–H and O–H groups in total. The zero-order valence-electron chi connectivity index (χ0n) is 9.58. The largest absolute Gasteiger partial charge is 0.465 e. The van der Waals surface area contributed by atoms with Gasteiger partial charge >= 0.3 is 5.97 Å². The summed E-state index contributed by atoms with van der Waals surface area (Å²) in [4.78, 5) is 11.2. The Hall–Kier alpha value is -0.220. The first-order valence-electron chi connectivity index (χ1n) is 5.75. The van der Waals surface area contributed by atoms with Gasteiger partial charge in [-0.3, -0.25) is 4.79 Å². The van der Waals surface area contributed by atoms with E-state index in [1.165, 1.54) is 19.3 Å². The van der Waals surface area contributed by atoms with Crippen LogP contribution in [0.4, 0.5) is 0 Å². The van der Waals surface area contributed by atoms with Gasteiger partial charge in [-0.15, -0.1) is 0 Å². The molecule has 0 rings (SSSR count). The summed E-state index contributed by atoms with van der Waals surface area (Å²) in [5.41, 5.74) is 5.57. The Labute approximate surface area is 98.2 Å². The van der Waals surface area contributed by atoms with Gasteiger partial charge in [-0.25, -0.2) is 0 Å². The lowest BCUT2D eigenvalue weighted by Gasteiger charge is -2.09. The summed E-state index contributed by atoms with van der Waals surface area (Å²) in [7, 11) is 0. The molecule has 4 heteroatoms. The molecule has 3 nitrogen and oxygen atoms in total. The fourth-order valence-corrected chi connectivity index (χ4v) is 1.52. The Morgan fingerprint density at radius 1 is 1.33 bits per heavy atom. The van der Waals surface area contributed by atoms with Crippen molar-refractivity contribution in [3.63, 3.8) is 0 Å². The van der Waals surface area contributed by atoms with Gasteiger partial charge in [0.25, 0.3) is 0 Å². The predicted octanol–water partition coefficient (Wildman–Crippen LogP) is 2.15. The number of unbranched alkanes of at least 4 members (excludes halogenated alkanes) is 4. The lowest BCUT2D eigenvalue weighted by atomic mass is 10.2. The highest BCUT2D eigenvalue weighted by Crippen LogP contribution is 2.03. The van der Waals surface area contributed by atoms with Crippen LogP contribution in [0.2, 0.25) is 0 Å². The molecule has 0 aromatic rings. The summed E-state index contributed by atoms with van der Waals surface area (Å²) in [5.74, 6) is 0.326. The van der Waals surface area contributed by atoms with Crippen molar-refractivity contribution in [2.24, 2.45) is 5.73 Å². The van der Waals surface area contributed by atoms with Gasteiger partial charge in [0.1, 0.15) is 6.04 Å². The minimum atomic E-state index is -0.502. The Morgan fingerprint density at radius 3 is 2.60 bits per heavy atom. The Kier molecular flexibility index (Phi) is 10.2. The smallest absolute Gasteiger partial charge is 0.322 e. The summed E-state index contributed by atoms with van der Waals surface area (Å²) < 4.78 is 5.04. The van der Waals surface area contributed by atoms with Crippen LogP contribution in [0.15, 0.2) is 0 Å². The van der Waals surface area contributed by atoms with Gasteiger partial charge in [0.15, 0.2) is 0 Å². The van der Waals surface area contributed by atoms with Gasteiger partial charge in [0.2, 0.25) is 0 Å². The van der Waals surface area contributed by atoms with Crippen LogP contribution >= 0.6 is 12.6 Å². The zero-order chi connectivity index (χ0) is 11.5. The molecule has 1 atom stereocenters. The Bertz CT molecular complexity index is 165. The predicted molar refractivity (Wildman–Crippen MR) is 66.2 cm³/mol. The molecule has 0 amide bonds. The fraction of sp³-hybridized carbons (Fsp3) is 0.909. The second-order valence-electron chi connectivity index (χ2n) is 3.70. The molecule has 15 heavy (non-hydrogen) atoms. The molecule has 0 heterocycles. The highest BCUT2D eigenvalue weighted by Gasteiger charge is 2.13. The monoisotopic (exact) mass is 233 g/mol. The third-order valence-electron chi connectivity index (χ3n) is 2.24. The van der Waals surface area contributed by atoms with Gasteiger partial charge in [-0.1, -0.05) is 32.6 Å². The SMILES string of the molecule is CCCCCCCOC(=O)C(N)CCS. The number of nitrogens with two attached hydrogens (primary N) is 1. The molecule has 0 aliphatic rings. The van der Waals surface area contributed by atoms with Crippen LogP contribution in [0, 0.1) is 0 Å². The van der Waals surface area contributed by atoms with Crippen LogP contribution in [0.1, 0.15) is 45.4 Å². The van der Waals surface area contributed by atoms with Gasteiger partial charge in [-0.05, 0) is 18.6 Å². The van der Waals surface area contributed by atoms with Crippen LogP contribution in [0.25, 0.3) is 0 Å². The number of esters is 1. The number of carbonyl (C=O) groups excluding carboxylic acids is 1. The normalized spacial score (nSPS) is 12.5. The van der Waals surface area contributed by atoms with E-state index in [4.69, 9.17) is 10.5 Å². The molecule has 0 aromatic heterocycles. The van der Waals surface area contributed by atoms with Crippen molar-refractivity contribution in [1.82, 2.24) is 0 Å². The molecule has 0 aliphatic carbocycles. The maximum Gasteiger partial charge on any atom is 0.322 e. The van der Waals surface area contributed by atoms with Crippen molar-refractivity contribution in [2.45, 2.75) is 51.5 Å². The Balaban J connectivity index is 3.30. The number of hydrogen-bond donors (Lipinski definition) is 2. The quantitative estimate of drug-likeness (QED) is 0.364. The maximum absolute atomic E-state index is 11.2. The molecular formula is C11H23NO2S. The van der Waals surface area contributed by atoms with E-state index < -0.39 is 6.04 Å². The number of thiol groups is 1. The van der Waals surface area contributed by atoms with E-state index in [1.54, 1.807) is 0 Å². The average Bonchev–Trinajstić information content (AvgIpc) is 2.23. The molecule has 0 saturated heterocycles. The van der Waals surface area contributed by atoms with E-state index in [0.29, 0.717) is 18.8 Å². The molecule has 90 valence electrons. The van der Waals surface area contributed by atoms with Crippen molar-refractivity contribution in [1.29, 1.82) is 0 Å². The van der Waals surface area contributed by atoms with Crippen molar-refractivity contribution < 1.29 is 9.53 Å². The highest BCUT2D eigenvalue weighted by molar-refractivity contribution is 7.80. The van der Waals surface area contributed by atoms with Crippen LogP contribution in [0.5, 0.6) is 0 Å². The van der Waals surface area contributed by atoms with Crippen molar-refractivity contribution in [3.8, 4) is 0 Å². The van der Waals surface area contributed by atoms with E-state index in [9.17, 15) is 4.79 Å². The van der Waals surface area contributed by atoms with Gasteiger partial charge in [-0.2, -0.15) is 12.6 Å². The lowest BCUT2D eigenvalue weighted by molar-refractivity contribution is -0.145. The van der Waals surface area contributed by atoms with E-state index in [0.717, 1.165) is 12.8 Å². The van der Waals surface area contributed by atoms with E-state index in [1.807, 2.05) is 0 Å². The second kappa shape index (κ2) is 10.3. The standard InChI is InChI=1S/C11H23NO2S/c1-2-3-4-5-6-8-14-11(13)10(12)7-9-15/h10,15H,2-9,12H2,1H3. The molecule has 0 fully saturated rings. The van der Waals surface area contributed by atoms with Crippen LogP contribution in [0.3, 0.4) is 0 Å². The molecular weight excluding hydrogens is 210 g/mol. The fourth-order valence-electron chi connectivity index (χ4n) is 1.24. The van der Waals surface area contributed by atoms with Crippen molar-refractivity contribution in [2.75, 3.05) is 12.4 Å². The second-order valence-corrected chi connectivity index (χ2v) is 4.15. The van der Waals surface area contributed by atoms with Crippen LogP contribution in [-0.2, 0) is 9.53 Å². The van der Waals surface area contributed by atoms with E-state index in [-0.39, 0.29) is 5.97 Å². The molecule has 0 radical (unpaired) electrons. The molecule has 0 bridgehead atoms. The summed E-state index contributed by atoms with van der Waals surface area (Å²) in [6.07, 6.45) is 6.36. The van der Waals surface area contributed by atoms with Gasteiger partial charge in [0, 0.05) is 0 Å². The van der Waals surface area contributed by atoms with Crippen molar-refractivity contribution >= 4 is 18.6 Å². The summed E-state index contributed by atoms with van der Waals surface area (Å²) in [6.45, 7) is 2.68. The molecule has 0 aromatic carbocycles. The van der Waals surface area contributed by atoms with Crippen LogP contribution < -0.4 is 5.73 Å². The maximum atomic E-state index is 11.2. The number of carbonyl (C=O) groups is 1. The van der Waals surface area contributed by atoms with E-state index in [2.05, 4.69) is 19.6 Å².